The van der Waals surface area contributed by atoms with E-state index in [4.69, 9.17) is 0 Å². The molecule has 36 heavy (non-hydrogen) atoms. The van der Waals surface area contributed by atoms with Crippen LogP contribution in [0.4, 0.5) is 31.5 Å². The van der Waals surface area contributed by atoms with Crippen molar-refractivity contribution in [3.63, 3.8) is 0 Å². The molecular weight excluding hydrogens is 450 g/mol. The fourth-order valence-electron chi connectivity index (χ4n) is 6.48. The average molecular weight is 473 g/mol. The van der Waals surface area contributed by atoms with E-state index in [1.54, 1.807) is 24.3 Å². The average Bonchev–Trinajstić information content (AvgIpc) is 3.50. The molecular formula is C32H22F2N2. The summed E-state index contributed by atoms with van der Waals surface area (Å²) in [6.07, 6.45) is 1.68. The zero-order valence-corrected chi connectivity index (χ0v) is 19.6. The molecule has 174 valence electrons. The van der Waals surface area contributed by atoms with E-state index in [1.807, 2.05) is 12.1 Å². The topological polar surface area (TPSA) is 6.48 Å². The van der Waals surface area contributed by atoms with E-state index in [1.165, 1.54) is 32.3 Å². The van der Waals surface area contributed by atoms with Crippen LogP contribution >= 0.6 is 0 Å². The number of hydrogen-bond donors (Lipinski definition) is 0. The smallest absolute Gasteiger partial charge is 0.123 e. The first-order valence-corrected chi connectivity index (χ1v) is 12.5. The summed E-state index contributed by atoms with van der Waals surface area (Å²) in [5.41, 5.74) is 6.63. The monoisotopic (exact) mass is 472 g/mol. The maximum atomic E-state index is 13.9. The molecule has 0 spiro atoms. The van der Waals surface area contributed by atoms with E-state index in [9.17, 15) is 8.78 Å². The fraction of sp³-hybridized carbons (Fsp3) is 0.125. The molecule has 0 aliphatic carbocycles. The highest BCUT2D eigenvalue weighted by atomic mass is 19.1. The van der Waals surface area contributed by atoms with E-state index in [0.29, 0.717) is 0 Å². The predicted molar refractivity (Wildman–Crippen MR) is 144 cm³/mol. The van der Waals surface area contributed by atoms with Crippen LogP contribution in [0.2, 0.25) is 0 Å². The van der Waals surface area contributed by atoms with Crippen molar-refractivity contribution in [2.24, 2.45) is 0 Å². The quantitative estimate of drug-likeness (QED) is 0.234. The maximum absolute atomic E-state index is 13.9. The van der Waals surface area contributed by atoms with Crippen LogP contribution in [0.25, 0.3) is 32.3 Å². The molecule has 0 bridgehead atoms. The number of hydrogen-bond acceptors (Lipinski definition) is 2. The molecule has 0 aromatic heterocycles. The van der Waals surface area contributed by atoms with Gasteiger partial charge in [0.1, 0.15) is 11.6 Å². The number of anilines is 4. The number of rotatable bonds is 2. The van der Waals surface area contributed by atoms with Gasteiger partial charge >= 0.3 is 0 Å². The Hall–Kier alpha value is -4.18. The highest BCUT2D eigenvalue weighted by Crippen LogP contribution is 2.46. The number of halogens is 2. The second-order valence-corrected chi connectivity index (χ2v) is 9.94. The summed E-state index contributed by atoms with van der Waals surface area (Å²) >= 11 is 0. The molecule has 0 fully saturated rings. The molecule has 0 saturated heterocycles. The van der Waals surface area contributed by atoms with Crippen molar-refractivity contribution < 1.29 is 8.78 Å². The summed E-state index contributed by atoms with van der Waals surface area (Å²) in [7, 11) is 0. The van der Waals surface area contributed by atoms with Gasteiger partial charge in [-0.15, -0.1) is 0 Å². The van der Waals surface area contributed by atoms with Crippen molar-refractivity contribution in [3.8, 4) is 0 Å². The van der Waals surface area contributed by atoms with Crippen LogP contribution < -0.4 is 9.80 Å². The van der Waals surface area contributed by atoms with Crippen molar-refractivity contribution in [1.82, 2.24) is 0 Å². The van der Waals surface area contributed by atoms with Crippen LogP contribution in [-0.4, -0.2) is 13.1 Å². The third-order valence-electron chi connectivity index (χ3n) is 8.07. The van der Waals surface area contributed by atoms with Gasteiger partial charge in [-0.2, -0.15) is 0 Å². The molecule has 0 unspecified atom stereocenters. The highest BCUT2D eigenvalue weighted by Gasteiger charge is 2.26. The third-order valence-corrected chi connectivity index (χ3v) is 8.07. The lowest BCUT2D eigenvalue weighted by Crippen LogP contribution is -2.14. The molecule has 2 nitrogen and oxygen atoms in total. The van der Waals surface area contributed by atoms with Gasteiger partial charge in [-0.3, -0.25) is 0 Å². The van der Waals surface area contributed by atoms with Gasteiger partial charge in [0.15, 0.2) is 0 Å². The van der Waals surface area contributed by atoms with Gasteiger partial charge in [-0.25, -0.2) is 8.78 Å². The van der Waals surface area contributed by atoms with E-state index in [2.05, 4.69) is 58.3 Å². The lowest BCUT2D eigenvalue weighted by atomic mass is 9.92. The Balaban J connectivity index is 1.36. The van der Waals surface area contributed by atoms with Crippen molar-refractivity contribution in [2.75, 3.05) is 22.9 Å². The summed E-state index contributed by atoms with van der Waals surface area (Å²) in [6, 6.07) is 28.0. The first-order chi connectivity index (χ1) is 17.7. The first kappa shape index (κ1) is 20.1. The van der Waals surface area contributed by atoms with Crippen LogP contribution in [0.1, 0.15) is 11.1 Å². The molecule has 2 aliphatic heterocycles. The van der Waals surface area contributed by atoms with Crippen LogP contribution in [0, 0.1) is 11.6 Å². The maximum Gasteiger partial charge on any atom is 0.123 e. The highest BCUT2D eigenvalue weighted by molar-refractivity contribution is 6.27. The summed E-state index contributed by atoms with van der Waals surface area (Å²) in [5.74, 6) is -0.352. The van der Waals surface area contributed by atoms with E-state index < -0.39 is 0 Å². The number of benzene rings is 6. The summed E-state index contributed by atoms with van der Waals surface area (Å²) in [4.78, 5) is 4.65. The zero-order chi connectivity index (χ0) is 24.0. The molecule has 4 heteroatoms. The van der Waals surface area contributed by atoms with Gasteiger partial charge in [-0.1, -0.05) is 36.4 Å². The minimum absolute atomic E-state index is 0.176. The van der Waals surface area contributed by atoms with Gasteiger partial charge < -0.3 is 9.80 Å². The molecule has 2 aliphatic rings. The van der Waals surface area contributed by atoms with Gasteiger partial charge in [0.25, 0.3) is 0 Å². The van der Waals surface area contributed by atoms with E-state index in [-0.39, 0.29) is 11.6 Å². The molecule has 0 radical (unpaired) electrons. The Morgan fingerprint density at radius 1 is 0.472 bits per heavy atom. The first-order valence-electron chi connectivity index (χ1n) is 12.5. The molecule has 8 rings (SSSR count). The molecule has 0 saturated carbocycles. The second kappa shape index (κ2) is 7.17. The van der Waals surface area contributed by atoms with Crippen LogP contribution in [0.15, 0.2) is 84.9 Å². The lowest BCUT2D eigenvalue weighted by molar-refractivity contribution is 0.626. The lowest BCUT2D eigenvalue weighted by Gasteiger charge is -2.25. The van der Waals surface area contributed by atoms with Crippen LogP contribution in [0.3, 0.4) is 0 Å². The summed E-state index contributed by atoms with van der Waals surface area (Å²) in [5, 5.41) is 7.38. The molecule has 0 atom stereocenters. The standard InChI is InChI=1S/C32H22F2N2/c33-23-5-11-27-21(17-23)13-15-35(27)29-10-4-20-2-8-26-30(9-3-19-1-7-25(29)32(20)31(19)26)36-16-14-22-18-24(34)6-12-28(22)36/h1-12,17-18H,13-16H2. The van der Waals surface area contributed by atoms with Gasteiger partial charge in [-0.05, 0) is 94.0 Å². The normalized spacial score (nSPS) is 14.9. The van der Waals surface area contributed by atoms with Gasteiger partial charge in [0, 0.05) is 46.6 Å². The minimum atomic E-state index is -0.176. The Morgan fingerprint density at radius 2 is 0.889 bits per heavy atom. The Kier molecular flexibility index (Phi) is 4.00. The molecule has 6 aromatic carbocycles. The van der Waals surface area contributed by atoms with Crippen molar-refractivity contribution in [2.45, 2.75) is 12.8 Å². The second-order valence-electron chi connectivity index (χ2n) is 9.94. The summed E-state index contributed by atoms with van der Waals surface area (Å²) in [6.45, 7) is 1.68. The molecule has 0 amide bonds. The SMILES string of the molecule is Fc1ccc2c(c1)CCN2c1ccc2ccc3c(N4CCc5cc(F)ccc54)ccc4ccc1c2c43. The van der Waals surface area contributed by atoms with Crippen molar-refractivity contribution in [1.29, 1.82) is 0 Å². The van der Waals surface area contributed by atoms with E-state index >= 15 is 0 Å². The largest absolute Gasteiger partial charge is 0.340 e. The number of fused-ring (bicyclic) bond motifs is 2. The Bertz CT molecular complexity index is 1710. The minimum Gasteiger partial charge on any atom is -0.340 e. The molecule has 0 N–H and O–H groups in total. The van der Waals surface area contributed by atoms with Crippen molar-refractivity contribution in [3.05, 3.63) is 108 Å². The van der Waals surface area contributed by atoms with E-state index in [0.717, 1.165) is 59.8 Å². The van der Waals surface area contributed by atoms with Gasteiger partial charge in [0.2, 0.25) is 0 Å². The van der Waals surface area contributed by atoms with Gasteiger partial charge in [0.05, 0.1) is 0 Å². The zero-order valence-electron chi connectivity index (χ0n) is 19.6. The van der Waals surface area contributed by atoms with Crippen LogP contribution in [0.5, 0.6) is 0 Å². The predicted octanol–water partition coefficient (Wildman–Crippen LogP) is 8.25. The Morgan fingerprint density at radius 3 is 1.36 bits per heavy atom. The fourth-order valence-corrected chi connectivity index (χ4v) is 6.48. The number of nitrogens with zero attached hydrogens (tertiary/aromatic N) is 2. The van der Waals surface area contributed by atoms with Crippen LogP contribution in [-0.2, 0) is 12.8 Å². The summed E-state index contributed by atoms with van der Waals surface area (Å²) < 4.78 is 27.7. The third kappa shape index (κ3) is 2.70. The molecule has 6 aromatic rings. The Labute approximate surface area is 207 Å². The molecule has 2 heterocycles. The van der Waals surface area contributed by atoms with Crippen molar-refractivity contribution >= 4 is 55.1 Å².